The highest BCUT2D eigenvalue weighted by atomic mass is 16.5. The average Bonchev–Trinajstić information content (AvgIpc) is 3.06. The Morgan fingerprint density at radius 3 is 2.52 bits per heavy atom. The quantitative estimate of drug-likeness (QED) is 0.459. The average molecular weight is 395 g/mol. The molecule has 8 nitrogen and oxygen atoms in total. The molecule has 2 aliphatic rings. The lowest BCUT2D eigenvalue weighted by Crippen LogP contribution is -2.52. The Labute approximate surface area is 167 Å². The van der Waals surface area contributed by atoms with E-state index >= 15 is 0 Å². The minimum atomic E-state index is -0.586. The van der Waals surface area contributed by atoms with Gasteiger partial charge in [0.15, 0.2) is 0 Å². The van der Waals surface area contributed by atoms with Crippen molar-refractivity contribution in [1.82, 2.24) is 10.2 Å². The second-order valence-corrected chi connectivity index (χ2v) is 6.67. The van der Waals surface area contributed by atoms with Crippen LogP contribution in [0.2, 0.25) is 0 Å². The summed E-state index contributed by atoms with van der Waals surface area (Å²) in [7, 11) is 0. The Hall–Kier alpha value is -3.68. The van der Waals surface area contributed by atoms with E-state index in [4.69, 9.17) is 5.73 Å². The van der Waals surface area contributed by atoms with Crippen molar-refractivity contribution in [3.8, 4) is 0 Å². The molecule has 0 aromatic heterocycles. The highest BCUT2D eigenvalue weighted by Crippen LogP contribution is 2.30. The second kappa shape index (κ2) is 9.01. The maximum Gasteiger partial charge on any atom is 0.293 e. The van der Waals surface area contributed by atoms with Crippen LogP contribution in [0.15, 0.2) is 48.5 Å². The highest BCUT2D eigenvalue weighted by Gasteiger charge is 2.39. The van der Waals surface area contributed by atoms with Crippen LogP contribution in [0, 0.1) is 0 Å². The molecule has 2 aromatic carbocycles. The number of hydrogen-bond donors (Lipinski definition) is 2. The summed E-state index contributed by atoms with van der Waals surface area (Å²) in [4.78, 5) is 46.5. The number of benzene rings is 2. The van der Waals surface area contributed by atoms with Crippen molar-refractivity contribution in [1.29, 1.82) is 0 Å². The van der Waals surface area contributed by atoms with Gasteiger partial charge in [0.1, 0.15) is 12.6 Å². The molecule has 0 saturated carbocycles. The summed E-state index contributed by atoms with van der Waals surface area (Å²) in [6, 6.07) is 14.1. The molecule has 1 atom stereocenters. The van der Waals surface area contributed by atoms with Crippen LogP contribution in [-0.2, 0) is 32.3 Å². The first-order valence-corrected chi connectivity index (χ1v) is 9.12. The van der Waals surface area contributed by atoms with E-state index in [0.717, 1.165) is 11.1 Å². The molecule has 3 amide bonds. The van der Waals surface area contributed by atoms with E-state index < -0.39 is 11.9 Å². The van der Waals surface area contributed by atoms with Gasteiger partial charge in [-0.05, 0) is 24.1 Å². The van der Waals surface area contributed by atoms with Crippen molar-refractivity contribution < 1.29 is 23.9 Å². The zero-order valence-electron chi connectivity index (χ0n) is 15.7. The molecule has 0 spiro atoms. The third-order valence-corrected chi connectivity index (χ3v) is 4.78. The third-order valence-electron chi connectivity index (χ3n) is 4.78. The first kappa shape index (κ1) is 20.1. The summed E-state index contributed by atoms with van der Waals surface area (Å²) in [5, 5.41) is 2.27. The maximum atomic E-state index is 12.3. The number of nitrogens with one attached hydrogen (secondary N) is 1. The zero-order valence-corrected chi connectivity index (χ0v) is 15.7. The number of amides is 3. The van der Waals surface area contributed by atoms with Crippen molar-refractivity contribution >= 4 is 29.9 Å². The lowest BCUT2D eigenvalue weighted by Gasteiger charge is -2.29. The Morgan fingerprint density at radius 1 is 1.10 bits per heavy atom. The highest BCUT2D eigenvalue weighted by molar-refractivity contribution is 6.06. The number of fused-ring (bicyclic) bond motifs is 1. The van der Waals surface area contributed by atoms with Crippen LogP contribution in [-0.4, -0.2) is 35.1 Å². The number of anilines is 1. The van der Waals surface area contributed by atoms with Gasteiger partial charge in [-0.3, -0.25) is 24.5 Å². The van der Waals surface area contributed by atoms with E-state index in [1.165, 1.54) is 4.90 Å². The molecule has 0 aliphatic carbocycles. The van der Waals surface area contributed by atoms with Crippen LogP contribution in [0.1, 0.15) is 34.3 Å². The fourth-order valence-corrected chi connectivity index (χ4v) is 3.31. The number of rotatable bonds is 4. The van der Waals surface area contributed by atoms with Gasteiger partial charge in [-0.25, -0.2) is 0 Å². The lowest BCUT2D eigenvalue weighted by molar-refractivity contribution is -0.137. The molecule has 1 saturated heterocycles. The number of piperidine rings is 1. The van der Waals surface area contributed by atoms with E-state index in [1.807, 2.05) is 30.3 Å². The van der Waals surface area contributed by atoms with Crippen LogP contribution in [0.4, 0.5) is 5.69 Å². The second-order valence-electron chi connectivity index (χ2n) is 6.67. The summed E-state index contributed by atoms with van der Waals surface area (Å²) in [5.41, 5.74) is 8.72. The Bertz CT molecular complexity index is 929. The predicted octanol–water partition coefficient (Wildman–Crippen LogP) is 1.39. The number of carbonyl (C=O) groups excluding carboxylic acids is 4. The molecule has 0 radical (unpaired) electrons. The van der Waals surface area contributed by atoms with Gasteiger partial charge in [0.25, 0.3) is 12.4 Å². The van der Waals surface area contributed by atoms with Crippen molar-refractivity contribution in [2.45, 2.75) is 32.0 Å². The van der Waals surface area contributed by atoms with E-state index in [0.29, 0.717) is 37.3 Å². The molecule has 2 aliphatic heterocycles. The molecule has 1 fully saturated rings. The Morgan fingerprint density at radius 2 is 1.86 bits per heavy atom. The van der Waals surface area contributed by atoms with Gasteiger partial charge in [0.05, 0.1) is 0 Å². The van der Waals surface area contributed by atoms with E-state index in [2.05, 4.69) is 10.1 Å². The fraction of sp³-hybridized carbons (Fsp3) is 0.238. The van der Waals surface area contributed by atoms with Crippen LogP contribution >= 0.6 is 0 Å². The molecule has 4 rings (SSSR count). The largest absolute Gasteiger partial charge is 0.463 e. The van der Waals surface area contributed by atoms with Gasteiger partial charge < -0.3 is 15.4 Å². The summed E-state index contributed by atoms with van der Waals surface area (Å²) in [6.45, 7) is 1.14. The maximum absolute atomic E-state index is 12.3. The SMILES string of the molecule is Nc1cccc2c1CN(C1CCC(=O)NC1=O)C2=O.O=COCc1ccccc1. The molecule has 2 aromatic rings. The number of nitrogen functional groups attached to an aromatic ring is 1. The number of ether oxygens (including phenoxy) is 1. The van der Waals surface area contributed by atoms with Gasteiger partial charge in [0, 0.05) is 29.8 Å². The predicted molar refractivity (Wildman–Crippen MR) is 104 cm³/mol. The first-order valence-electron chi connectivity index (χ1n) is 9.12. The fourth-order valence-electron chi connectivity index (χ4n) is 3.31. The monoisotopic (exact) mass is 395 g/mol. The van der Waals surface area contributed by atoms with Crippen molar-refractivity contribution in [3.05, 3.63) is 65.2 Å². The molecule has 0 bridgehead atoms. The number of carbonyl (C=O) groups is 4. The van der Waals surface area contributed by atoms with Crippen molar-refractivity contribution in [2.75, 3.05) is 5.73 Å². The van der Waals surface area contributed by atoms with Gasteiger partial charge in [0.2, 0.25) is 11.8 Å². The molecule has 8 heteroatoms. The normalized spacial score (nSPS) is 17.7. The Kier molecular flexibility index (Phi) is 6.23. The number of nitrogens with zero attached hydrogens (tertiary/aromatic N) is 1. The van der Waals surface area contributed by atoms with Crippen LogP contribution < -0.4 is 11.1 Å². The zero-order chi connectivity index (χ0) is 20.8. The number of nitrogens with two attached hydrogens (primary N) is 1. The number of hydrogen-bond acceptors (Lipinski definition) is 6. The van der Waals surface area contributed by atoms with Gasteiger partial charge in [-0.2, -0.15) is 0 Å². The topological polar surface area (TPSA) is 119 Å². The molecule has 2 heterocycles. The molecule has 3 N–H and O–H groups in total. The lowest BCUT2D eigenvalue weighted by atomic mass is 10.0. The minimum Gasteiger partial charge on any atom is -0.463 e. The summed E-state index contributed by atoms with van der Waals surface area (Å²) < 4.78 is 4.54. The number of imide groups is 1. The van der Waals surface area contributed by atoms with Gasteiger partial charge >= 0.3 is 0 Å². The van der Waals surface area contributed by atoms with Crippen molar-refractivity contribution in [3.63, 3.8) is 0 Å². The van der Waals surface area contributed by atoms with Gasteiger partial charge in [-0.15, -0.1) is 0 Å². The minimum absolute atomic E-state index is 0.197. The first-order chi connectivity index (χ1) is 14.0. The summed E-state index contributed by atoms with van der Waals surface area (Å²) in [6.07, 6.45) is 0.621. The molecular formula is C21H21N3O5. The van der Waals surface area contributed by atoms with Crippen molar-refractivity contribution in [2.24, 2.45) is 0 Å². The van der Waals surface area contributed by atoms with E-state index in [9.17, 15) is 19.2 Å². The molecule has 29 heavy (non-hydrogen) atoms. The van der Waals surface area contributed by atoms with E-state index in [1.54, 1.807) is 18.2 Å². The molecule has 1 unspecified atom stereocenters. The molecule has 150 valence electrons. The van der Waals surface area contributed by atoms with Crippen LogP contribution in [0.25, 0.3) is 0 Å². The van der Waals surface area contributed by atoms with Gasteiger partial charge in [-0.1, -0.05) is 36.4 Å². The smallest absolute Gasteiger partial charge is 0.293 e. The van der Waals surface area contributed by atoms with E-state index in [-0.39, 0.29) is 18.2 Å². The molecular weight excluding hydrogens is 374 g/mol. The standard InChI is InChI=1S/C13H13N3O3.C8H8O2/c14-9-3-1-2-7-8(9)6-16(13(7)19)10-4-5-11(17)15-12(10)18;9-7-10-6-8-4-2-1-3-5-8/h1-3,10H,4-6,14H2,(H,15,17,18);1-5,7H,6H2. The third kappa shape index (κ3) is 4.60. The summed E-state index contributed by atoms with van der Waals surface area (Å²) in [5.74, 6) is -0.891. The van der Waals surface area contributed by atoms with Crippen LogP contribution in [0.3, 0.4) is 0 Å². The van der Waals surface area contributed by atoms with Crippen LogP contribution in [0.5, 0.6) is 0 Å². The summed E-state index contributed by atoms with van der Waals surface area (Å²) >= 11 is 0. The Balaban J connectivity index is 0.000000204.